The smallest absolute Gasteiger partial charge is 0.185 e. The number of nitrogens with one attached hydrogen (secondary N) is 4. The lowest BCUT2D eigenvalue weighted by Gasteiger charge is -2.24. The van der Waals surface area contributed by atoms with Gasteiger partial charge in [0.25, 0.3) is 0 Å². The first-order chi connectivity index (χ1) is 9.74. The summed E-state index contributed by atoms with van der Waals surface area (Å²) in [5.74, 6) is 0. The van der Waals surface area contributed by atoms with Crippen molar-refractivity contribution in [3.63, 3.8) is 0 Å². The van der Waals surface area contributed by atoms with E-state index in [1.807, 2.05) is 24.3 Å². The molecule has 7 heteroatoms. The molecule has 0 amide bonds. The number of quaternary nitrogens is 1. The van der Waals surface area contributed by atoms with E-state index in [-0.39, 0.29) is 0 Å². The Labute approximate surface area is 133 Å². The van der Waals surface area contributed by atoms with Crippen molar-refractivity contribution in [2.45, 2.75) is 0 Å². The summed E-state index contributed by atoms with van der Waals surface area (Å²) in [5, 5.41) is 3.81. The van der Waals surface area contributed by atoms with Gasteiger partial charge in [0, 0.05) is 4.47 Å². The normalized spacial score (nSPS) is 15.7. The zero-order valence-electron chi connectivity index (χ0n) is 11.2. The first-order valence-electron chi connectivity index (χ1n) is 6.71. The van der Waals surface area contributed by atoms with E-state index in [0.29, 0.717) is 5.11 Å². The van der Waals surface area contributed by atoms with Gasteiger partial charge in [-0.05, 0) is 30.4 Å². The molecule has 0 atom stereocenters. The van der Waals surface area contributed by atoms with Crippen molar-refractivity contribution in [1.82, 2.24) is 10.7 Å². The summed E-state index contributed by atoms with van der Waals surface area (Å²) < 4.78 is 6.36. The Morgan fingerprint density at radius 2 is 2.15 bits per heavy atom. The molecule has 0 unspecified atom stereocenters. The Bertz CT molecular complexity index is 440. The van der Waals surface area contributed by atoms with Crippen molar-refractivity contribution >= 4 is 38.9 Å². The van der Waals surface area contributed by atoms with Crippen LogP contribution in [0.5, 0.6) is 0 Å². The maximum absolute atomic E-state index is 5.33. The monoisotopic (exact) mass is 359 g/mol. The van der Waals surface area contributed by atoms with Crippen LogP contribution in [0.2, 0.25) is 0 Å². The van der Waals surface area contributed by atoms with Crippen molar-refractivity contribution in [3.8, 4) is 0 Å². The summed E-state index contributed by atoms with van der Waals surface area (Å²) in [6.07, 6.45) is 0. The van der Waals surface area contributed by atoms with Gasteiger partial charge in [-0.1, -0.05) is 22.0 Å². The van der Waals surface area contributed by atoms with E-state index in [1.54, 1.807) is 4.90 Å². The molecule has 0 spiro atoms. The van der Waals surface area contributed by atoms with E-state index >= 15 is 0 Å². The first-order valence-corrected chi connectivity index (χ1v) is 7.91. The average Bonchev–Trinajstić information content (AvgIpc) is 2.46. The van der Waals surface area contributed by atoms with Gasteiger partial charge < -0.3 is 15.0 Å². The molecule has 0 bridgehead atoms. The Hall–Kier alpha value is -0.890. The number of hydrazine groups is 1. The Morgan fingerprint density at radius 1 is 1.35 bits per heavy atom. The van der Waals surface area contributed by atoms with Gasteiger partial charge in [-0.2, -0.15) is 0 Å². The van der Waals surface area contributed by atoms with Crippen LogP contribution in [0, 0.1) is 0 Å². The molecule has 1 heterocycles. The van der Waals surface area contributed by atoms with Gasteiger partial charge in [0.1, 0.15) is 13.1 Å². The highest BCUT2D eigenvalue weighted by Gasteiger charge is 2.12. The van der Waals surface area contributed by atoms with Gasteiger partial charge in [-0.25, -0.2) is 0 Å². The second kappa shape index (κ2) is 8.41. The average molecular weight is 360 g/mol. The zero-order chi connectivity index (χ0) is 14.2. The summed E-state index contributed by atoms with van der Waals surface area (Å²) in [6.45, 7) is 5.81. The second-order valence-electron chi connectivity index (χ2n) is 4.63. The van der Waals surface area contributed by atoms with Crippen molar-refractivity contribution in [2.75, 3.05) is 44.8 Å². The molecule has 110 valence electrons. The molecule has 1 aromatic carbocycles. The number of morpholine rings is 1. The van der Waals surface area contributed by atoms with Gasteiger partial charge in [-0.3, -0.25) is 10.9 Å². The fourth-order valence-electron chi connectivity index (χ4n) is 2.00. The van der Waals surface area contributed by atoms with Crippen molar-refractivity contribution in [2.24, 2.45) is 0 Å². The highest BCUT2D eigenvalue weighted by Crippen LogP contribution is 2.14. The Balaban J connectivity index is 1.60. The predicted octanol–water partition coefficient (Wildman–Crippen LogP) is 0.155. The van der Waals surface area contributed by atoms with Crippen LogP contribution in [0.25, 0.3) is 0 Å². The largest absolute Gasteiger partial charge is 0.370 e. The number of halogens is 1. The molecule has 5 nitrogen and oxygen atoms in total. The minimum Gasteiger partial charge on any atom is -0.370 e. The maximum atomic E-state index is 5.33. The fraction of sp³-hybridized carbons (Fsp3) is 0.462. The van der Waals surface area contributed by atoms with Gasteiger partial charge >= 0.3 is 0 Å². The van der Waals surface area contributed by atoms with Gasteiger partial charge in [0.05, 0.1) is 32.0 Å². The zero-order valence-corrected chi connectivity index (χ0v) is 13.6. The fourth-order valence-corrected chi connectivity index (χ4v) is 2.55. The lowest BCUT2D eigenvalue weighted by atomic mass is 10.3. The summed E-state index contributed by atoms with van der Waals surface area (Å²) >= 11 is 8.65. The number of hydrogen-bond donors (Lipinski definition) is 4. The molecule has 0 aliphatic carbocycles. The van der Waals surface area contributed by atoms with Crippen LogP contribution < -0.4 is 21.1 Å². The first kappa shape index (κ1) is 15.5. The Morgan fingerprint density at radius 3 is 2.90 bits per heavy atom. The third-order valence-corrected chi connectivity index (χ3v) is 3.85. The molecular weight excluding hydrogens is 340 g/mol. The van der Waals surface area contributed by atoms with Gasteiger partial charge in [-0.15, -0.1) is 0 Å². The molecule has 0 radical (unpaired) electrons. The van der Waals surface area contributed by atoms with Crippen LogP contribution in [0.1, 0.15) is 0 Å². The number of hydrogen-bond acceptors (Lipinski definition) is 3. The number of rotatable bonds is 5. The van der Waals surface area contributed by atoms with Gasteiger partial charge in [0.2, 0.25) is 0 Å². The van der Waals surface area contributed by atoms with Crippen LogP contribution in [0.15, 0.2) is 28.7 Å². The highest BCUT2D eigenvalue weighted by molar-refractivity contribution is 9.10. The third-order valence-electron chi connectivity index (χ3n) is 3.11. The van der Waals surface area contributed by atoms with E-state index in [0.717, 1.165) is 49.6 Å². The lowest BCUT2D eigenvalue weighted by molar-refractivity contribution is -0.906. The minimum atomic E-state index is 0.609. The topological polar surface area (TPSA) is 49.8 Å². The van der Waals surface area contributed by atoms with Crippen molar-refractivity contribution < 1.29 is 9.64 Å². The number of benzene rings is 1. The molecule has 4 N–H and O–H groups in total. The molecular formula is C13H20BrN4OS+. The van der Waals surface area contributed by atoms with E-state index in [2.05, 4.69) is 32.1 Å². The summed E-state index contributed by atoms with van der Waals surface area (Å²) in [7, 11) is 0. The SMILES string of the molecule is S=C(NCC[NH+]1CCOCC1)NNc1cccc(Br)c1. The van der Waals surface area contributed by atoms with Crippen LogP contribution in [-0.4, -0.2) is 44.5 Å². The molecule has 0 aromatic heterocycles. The summed E-state index contributed by atoms with van der Waals surface area (Å²) in [4.78, 5) is 1.56. The standard InChI is InChI=1S/C13H19BrN4OS/c14-11-2-1-3-12(10-11)16-17-13(20)15-4-5-18-6-8-19-9-7-18/h1-3,10,16H,4-9H2,(H2,15,17,20)/p+1. The van der Waals surface area contributed by atoms with Gasteiger partial charge in [0.15, 0.2) is 5.11 Å². The molecule has 2 rings (SSSR count). The second-order valence-corrected chi connectivity index (χ2v) is 5.95. The lowest BCUT2D eigenvalue weighted by Crippen LogP contribution is -3.14. The number of ether oxygens (including phenoxy) is 1. The third kappa shape index (κ3) is 5.62. The van der Waals surface area contributed by atoms with E-state index in [4.69, 9.17) is 17.0 Å². The summed E-state index contributed by atoms with van der Waals surface area (Å²) in [5.41, 5.74) is 7.00. The quantitative estimate of drug-likeness (QED) is 0.445. The van der Waals surface area contributed by atoms with Crippen LogP contribution in [0.3, 0.4) is 0 Å². The minimum absolute atomic E-state index is 0.609. The molecule has 1 aromatic rings. The molecule has 1 saturated heterocycles. The predicted molar refractivity (Wildman–Crippen MR) is 87.9 cm³/mol. The van der Waals surface area contributed by atoms with E-state index in [1.165, 1.54) is 0 Å². The molecule has 1 aliphatic rings. The number of thiocarbonyl (C=S) groups is 1. The van der Waals surface area contributed by atoms with E-state index in [9.17, 15) is 0 Å². The Kier molecular flexibility index (Phi) is 6.52. The van der Waals surface area contributed by atoms with Crippen LogP contribution in [-0.2, 0) is 4.74 Å². The van der Waals surface area contributed by atoms with Crippen LogP contribution >= 0.6 is 28.1 Å². The molecule has 0 saturated carbocycles. The van der Waals surface area contributed by atoms with Crippen molar-refractivity contribution in [3.05, 3.63) is 28.7 Å². The highest BCUT2D eigenvalue weighted by atomic mass is 79.9. The molecule has 20 heavy (non-hydrogen) atoms. The van der Waals surface area contributed by atoms with E-state index < -0.39 is 0 Å². The summed E-state index contributed by atoms with van der Waals surface area (Å²) in [6, 6.07) is 7.89. The molecule has 1 fully saturated rings. The maximum Gasteiger partial charge on any atom is 0.185 e. The number of anilines is 1. The van der Waals surface area contributed by atoms with Crippen LogP contribution in [0.4, 0.5) is 5.69 Å². The van der Waals surface area contributed by atoms with Crippen molar-refractivity contribution in [1.29, 1.82) is 0 Å². The molecule has 1 aliphatic heterocycles.